The van der Waals surface area contributed by atoms with Crippen LogP contribution in [0.15, 0.2) is 36.9 Å². The molecule has 70 valence electrons. The van der Waals surface area contributed by atoms with E-state index in [1.807, 2.05) is 25.3 Å². The SMILES string of the molecule is Cc1c(N)cncc1-c1ccncc1. The van der Waals surface area contributed by atoms with Crippen LogP contribution in [0.25, 0.3) is 11.1 Å². The van der Waals surface area contributed by atoms with E-state index in [0.29, 0.717) is 0 Å². The maximum atomic E-state index is 5.78. The van der Waals surface area contributed by atoms with Crippen LogP contribution in [0.1, 0.15) is 5.56 Å². The lowest BCUT2D eigenvalue weighted by Gasteiger charge is -2.06. The van der Waals surface area contributed by atoms with Crippen molar-refractivity contribution in [3.05, 3.63) is 42.5 Å². The van der Waals surface area contributed by atoms with Gasteiger partial charge in [-0.2, -0.15) is 0 Å². The Labute approximate surface area is 82.6 Å². The molecule has 0 bridgehead atoms. The molecule has 3 nitrogen and oxygen atoms in total. The van der Waals surface area contributed by atoms with E-state index < -0.39 is 0 Å². The fourth-order valence-electron chi connectivity index (χ4n) is 1.36. The second-order valence-electron chi connectivity index (χ2n) is 3.14. The summed E-state index contributed by atoms with van der Waals surface area (Å²) < 4.78 is 0. The van der Waals surface area contributed by atoms with Crippen LogP contribution in [0.3, 0.4) is 0 Å². The van der Waals surface area contributed by atoms with Gasteiger partial charge in [-0.15, -0.1) is 0 Å². The first-order chi connectivity index (χ1) is 6.79. The molecule has 2 aromatic rings. The molecule has 0 aliphatic carbocycles. The summed E-state index contributed by atoms with van der Waals surface area (Å²) in [6.45, 7) is 1.99. The first-order valence-electron chi connectivity index (χ1n) is 4.39. The molecular formula is C11H11N3. The molecule has 2 aromatic heterocycles. The molecule has 2 N–H and O–H groups in total. The van der Waals surface area contributed by atoms with Crippen LogP contribution in [0, 0.1) is 6.92 Å². The minimum Gasteiger partial charge on any atom is -0.397 e. The topological polar surface area (TPSA) is 51.8 Å². The lowest BCUT2D eigenvalue weighted by Crippen LogP contribution is -1.93. The zero-order valence-electron chi connectivity index (χ0n) is 7.94. The average molecular weight is 185 g/mol. The van der Waals surface area contributed by atoms with Gasteiger partial charge in [-0.1, -0.05) is 0 Å². The van der Waals surface area contributed by atoms with E-state index in [-0.39, 0.29) is 0 Å². The number of pyridine rings is 2. The first-order valence-corrected chi connectivity index (χ1v) is 4.39. The van der Waals surface area contributed by atoms with Crippen LogP contribution in [-0.2, 0) is 0 Å². The zero-order valence-corrected chi connectivity index (χ0v) is 7.94. The van der Waals surface area contributed by atoms with Crippen LogP contribution in [0.5, 0.6) is 0 Å². The Bertz CT molecular complexity index is 438. The molecule has 0 fully saturated rings. The summed E-state index contributed by atoms with van der Waals surface area (Å²) in [7, 11) is 0. The Morgan fingerprint density at radius 3 is 2.50 bits per heavy atom. The van der Waals surface area contributed by atoms with E-state index in [1.54, 1.807) is 18.6 Å². The lowest BCUT2D eigenvalue weighted by atomic mass is 10.0. The minimum atomic E-state index is 0.722. The van der Waals surface area contributed by atoms with Crippen molar-refractivity contribution < 1.29 is 0 Å². The fraction of sp³-hybridized carbons (Fsp3) is 0.0909. The third-order valence-corrected chi connectivity index (χ3v) is 2.25. The number of aromatic nitrogens is 2. The second-order valence-corrected chi connectivity index (χ2v) is 3.14. The van der Waals surface area contributed by atoms with Gasteiger partial charge in [0.25, 0.3) is 0 Å². The van der Waals surface area contributed by atoms with Gasteiger partial charge in [0.2, 0.25) is 0 Å². The number of nitrogen functional groups attached to an aromatic ring is 1. The smallest absolute Gasteiger partial charge is 0.0536 e. The summed E-state index contributed by atoms with van der Waals surface area (Å²) in [6, 6.07) is 3.90. The van der Waals surface area contributed by atoms with Crippen molar-refractivity contribution >= 4 is 5.69 Å². The predicted molar refractivity (Wildman–Crippen MR) is 56.6 cm³/mol. The highest BCUT2D eigenvalue weighted by molar-refractivity contribution is 5.70. The Kier molecular flexibility index (Phi) is 2.14. The van der Waals surface area contributed by atoms with E-state index >= 15 is 0 Å². The molecule has 0 saturated heterocycles. The quantitative estimate of drug-likeness (QED) is 0.739. The average Bonchev–Trinajstić information content (AvgIpc) is 2.23. The largest absolute Gasteiger partial charge is 0.397 e. The second kappa shape index (κ2) is 3.46. The van der Waals surface area contributed by atoms with E-state index in [0.717, 1.165) is 22.4 Å². The third kappa shape index (κ3) is 1.44. The maximum Gasteiger partial charge on any atom is 0.0536 e. The highest BCUT2D eigenvalue weighted by Crippen LogP contribution is 2.24. The molecule has 14 heavy (non-hydrogen) atoms. The molecule has 0 amide bonds. The molecule has 0 aliphatic heterocycles. The number of anilines is 1. The van der Waals surface area contributed by atoms with Crippen molar-refractivity contribution in [1.82, 2.24) is 9.97 Å². The van der Waals surface area contributed by atoms with Crippen molar-refractivity contribution in [1.29, 1.82) is 0 Å². The van der Waals surface area contributed by atoms with Gasteiger partial charge in [-0.3, -0.25) is 9.97 Å². The van der Waals surface area contributed by atoms with E-state index in [1.165, 1.54) is 0 Å². The molecule has 0 atom stereocenters. The number of nitrogens with two attached hydrogens (primary N) is 1. The predicted octanol–water partition coefficient (Wildman–Crippen LogP) is 2.03. The lowest BCUT2D eigenvalue weighted by molar-refractivity contribution is 1.28. The third-order valence-electron chi connectivity index (χ3n) is 2.25. The highest BCUT2D eigenvalue weighted by atomic mass is 14.7. The van der Waals surface area contributed by atoms with Gasteiger partial charge < -0.3 is 5.73 Å². The van der Waals surface area contributed by atoms with Gasteiger partial charge in [0.05, 0.1) is 11.9 Å². The zero-order chi connectivity index (χ0) is 9.97. The normalized spacial score (nSPS) is 10.1. The summed E-state index contributed by atoms with van der Waals surface area (Å²) in [5.74, 6) is 0. The van der Waals surface area contributed by atoms with E-state index in [4.69, 9.17) is 5.73 Å². The highest BCUT2D eigenvalue weighted by Gasteiger charge is 2.03. The Morgan fingerprint density at radius 2 is 1.79 bits per heavy atom. The number of rotatable bonds is 1. The van der Waals surface area contributed by atoms with Gasteiger partial charge in [0.1, 0.15) is 0 Å². The summed E-state index contributed by atoms with van der Waals surface area (Å²) in [5.41, 5.74) is 9.72. The molecule has 0 saturated carbocycles. The number of nitrogens with zero attached hydrogens (tertiary/aromatic N) is 2. The Balaban J connectivity index is 2.58. The van der Waals surface area contributed by atoms with Crippen molar-refractivity contribution in [3.8, 4) is 11.1 Å². The molecule has 2 rings (SSSR count). The van der Waals surface area contributed by atoms with Crippen molar-refractivity contribution in [2.45, 2.75) is 6.92 Å². The number of hydrogen-bond acceptors (Lipinski definition) is 3. The molecule has 0 aromatic carbocycles. The molecule has 0 aliphatic rings. The molecule has 0 unspecified atom stereocenters. The fourth-order valence-corrected chi connectivity index (χ4v) is 1.36. The Morgan fingerprint density at radius 1 is 1.07 bits per heavy atom. The van der Waals surface area contributed by atoms with Gasteiger partial charge in [-0.25, -0.2) is 0 Å². The monoisotopic (exact) mass is 185 g/mol. The summed E-state index contributed by atoms with van der Waals surface area (Å²) in [6.07, 6.45) is 7.01. The van der Waals surface area contributed by atoms with E-state index in [9.17, 15) is 0 Å². The standard InChI is InChI=1S/C11H11N3/c1-8-10(6-14-7-11(8)12)9-2-4-13-5-3-9/h2-7H,12H2,1H3. The van der Waals surface area contributed by atoms with Crippen molar-refractivity contribution in [2.75, 3.05) is 5.73 Å². The summed E-state index contributed by atoms with van der Waals surface area (Å²) in [4.78, 5) is 8.05. The van der Waals surface area contributed by atoms with Crippen LogP contribution >= 0.6 is 0 Å². The molecule has 3 heteroatoms. The molecule has 0 radical (unpaired) electrons. The number of hydrogen-bond donors (Lipinski definition) is 1. The van der Waals surface area contributed by atoms with Gasteiger partial charge >= 0.3 is 0 Å². The van der Waals surface area contributed by atoms with E-state index in [2.05, 4.69) is 9.97 Å². The van der Waals surface area contributed by atoms with Crippen LogP contribution in [-0.4, -0.2) is 9.97 Å². The van der Waals surface area contributed by atoms with Crippen LogP contribution in [0.2, 0.25) is 0 Å². The first kappa shape index (κ1) is 8.69. The van der Waals surface area contributed by atoms with Gasteiger partial charge in [0.15, 0.2) is 0 Å². The summed E-state index contributed by atoms with van der Waals surface area (Å²) >= 11 is 0. The Hall–Kier alpha value is -1.90. The van der Waals surface area contributed by atoms with Crippen molar-refractivity contribution in [3.63, 3.8) is 0 Å². The van der Waals surface area contributed by atoms with Crippen LogP contribution < -0.4 is 5.73 Å². The van der Waals surface area contributed by atoms with Crippen LogP contribution in [0.4, 0.5) is 5.69 Å². The molecule has 0 spiro atoms. The summed E-state index contributed by atoms with van der Waals surface area (Å²) in [5, 5.41) is 0. The van der Waals surface area contributed by atoms with Gasteiger partial charge in [-0.05, 0) is 30.2 Å². The van der Waals surface area contributed by atoms with Crippen molar-refractivity contribution in [2.24, 2.45) is 0 Å². The maximum absolute atomic E-state index is 5.78. The minimum absolute atomic E-state index is 0.722. The van der Waals surface area contributed by atoms with Gasteiger partial charge in [0, 0.05) is 24.2 Å². The molecular weight excluding hydrogens is 174 g/mol. The molecule has 2 heterocycles.